The number of esters is 1. The fourth-order valence-corrected chi connectivity index (χ4v) is 4.05. The summed E-state index contributed by atoms with van der Waals surface area (Å²) < 4.78 is 5.20. The van der Waals surface area contributed by atoms with Crippen LogP contribution in [0.15, 0.2) is 48.5 Å². The van der Waals surface area contributed by atoms with Gasteiger partial charge in [0, 0.05) is 25.2 Å². The van der Waals surface area contributed by atoms with Crippen LogP contribution in [-0.4, -0.2) is 48.4 Å². The molecule has 29 heavy (non-hydrogen) atoms. The molecule has 0 aromatic heterocycles. The summed E-state index contributed by atoms with van der Waals surface area (Å²) in [6.45, 7) is 4.01. The zero-order chi connectivity index (χ0) is 20.4. The van der Waals surface area contributed by atoms with E-state index in [0.717, 1.165) is 29.2 Å². The molecule has 0 radical (unpaired) electrons. The van der Waals surface area contributed by atoms with Gasteiger partial charge in [-0.3, -0.25) is 14.5 Å². The average molecular weight is 392 g/mol. The Bertz CT molecular complexity index is 897. The molecule has 1 fully saturated rings. The molecule has 1 unspecified atom stereocenters. The third-order valence-electron chi connectivity index (χ3n) is 5.53. The summed E-state index contributed by atoms with van der Waals surface area (Å²) >= 11 is 0. The number of nitrogens with zero attached hydrogens (tertiary/aromatic N) is 2. The largest absolute Gasteiger partial charge is 0.464 e. The number of benzene rings is 2. The summed E-state index contributed by atoms with van der Waals surface area (Å²) in [5.41, 5.74) is 2.69. The number of fused-ring (bicyclic) bond motifs is 1. The van der Waals surface area contributed by atoms with Crippen LogP contribution in [0, 0.1) is 0 Å². The minimum Gasteiger partial charge on any atom is -0.464 e. The van der Waals surface area contributed by atoms with Gasteiger partial charge in [-0.1, -0.05) is 24.3 Å². The Hall–Kier alpha value is -3.15. The van der Waals surface area contributed by atoms with Gasteiger partial charge in [0.1, 0.15) is 6.04 Å². The Morgan fingerprint density at radius 3 is 2.10 bits per heavy atom. The second kappa shape index (κ2) is 8.07. The lowest BCUT2D eigenvalue weighted by Gasteiger charge is -2.25. The molecule has 0 N–H and O–H groups in total. The van der Waals surface area contributed by atoms with Gasteiger partial charge in [0.2, 0.25) is 0 Å². The van der Waals surface area contributed by atoms with E-state index in [0.29, 0.717) is 11.1 Å². The molecule has 0 spiro atoms. The summed E-state index contributed by atoms with van der Waals surface area (Å²) in [6, 6.07) is 13.6. The van der Waals surface area contributed by atoms with Gasteiger partial charge in [0.15, 0.2) is 0 Å². The van der Waals surface area contributed by atoms with Gasteiger partial charge >= 0.3 is 5.97 Å². The van der Waals surface area contributed by atoms with E-state index in [-0.39, 0.29) is 13.0 Å². The first kappa shape index (κ1) is 19.2. The van der Waals surface area contributed by atoms with Gasteiger partial charge in [0.05, 0.1) is 17.7 Å². The molecule has 2 aromatic rings. The minimum atomic E-state index is -0.986. The van der Waals surface area contributed by atoms with Gasteiger partial charge in [-0.15, -0.1) is 0 Å². The van der Waals surface area contributed by atoms with Crippen LogP contribution in [0.1, 0.15) is 46.0 Å². The number of carbonyl (C=O) groups is 3. The lowest BCUT2D eigenvalue weighted by Crippen LogP contribution is -2.47. The summed E-state index contributed by atoms with van der Waals surface area (Å²) in [5, 5.41) is 0. The predicted molar refractivity (Wildman–Crippen MR) is 109 cm³/mol. The fraction of sp³-hybridized carbons (Fsp3) is 0.348. The second-order valence-electron chi connectivity index (χ2n) is 7.36. The van der Waals surface area contributed by atoms with Crippen LogP contribution in [0.2, 0.25) is 0 Å². The van der Waals surface area contributed by atoms with Gasteiger partial charge < -0.3 is 9.64 Å². The highest BCUT2D eigenvalue weighted by molar-refractivity contribution is 6.22. The molecule has 0 saturated carbocycles. The Balaban J connectivity index is 1.59. The highest BCUT2D eigenvalue weighted by Crippen LogP contribution is 2.27. The maximum atomic E-state index is 12.9. The number of ether oxygens (including phenoxy) is 1. The first-order valence-electron chi connectivity index (χ1n) is 10.1. The van der Waals surface area contributed by atoms with E-state index < -0.39 is 23.8 Å². The second-order valence-corrected chi connectivity index (χ2v) is 7.36. The van der Waals surface area contributed by atoms with Gasteiger partial charge in [-0.05, 0) is 49.6 Å². The number of hydrogen-bond donors (Lipinski definition) is 0. The number of carbonyl (C=O) groups excluding carboxylic acids is 3. The molecule has 6 nitrogen and oxygen atoms in total. The molecular formula is C23H24N2O4. The zero-order valence-electron chi connectivity index (χ0n) is 16.5. The van der Waals surface area contributed by atoms with Crippen molar-refractivity contribution in [1.29, 1.82) is 0 Å². The van der Waals surface area contributed by atoms with Gasteiger partial charge in [0.25, 0.3) is 11.8 Å². The van der Waals surface area contributed by atoms with Crippen LogP contribution in [-0.2, 0) is 16.0 Å². The number of amides is 2. The molecule has 4 rings (SSSR count). The molecule has 2 aliphatic heterocycles. The molecule has 6 heteroatoms. The van der Waals surface area contributed by atoms with Crippen molar-refractivity contribution in [2.24, 2.45) is 0 Å². The Morgan fingerprint density at radius 1 is 0.966 bits per heavy atom. The van der Waals surface area contributed by atoms with Crippen molar-refractivity contribution in [2.45, 2.75) is 32.2 Å². The standard InChI is InChI=1S/C23H24N2O4/c1-2-29-23(28)20(25-21(26)18-7-3-4-8-19(18)22(25)27)15-16-9-11-17(12-10-16)24-13-5-6-14-24/h3-4,7-12,20H,2,5-6,13-15H2,1H3. The van der Waals surface area contributed by atoms with Crippen molar-refractivity contribution in [3.8, 4) is 0 Å². The summed E-state index contributed by atoms with van der Waals surface area (Å²) in [5.74, 6) is -1.46. The van der Waals surface area contributed by atoms with Crippen LogP contribution < -0.4 is 4.90 Å². The van der Waals surface area contributed by atoms with Crippen LogP contribution in [0.25, 0.3) is 0 Å². The van der Waals surface area contributed by atoms with E-state index in [2.05, 4.69) is 4.90 Å². The Kier molecular flexibility index (Phi) is 5.34. The molecule has 150 valence electrons. The molecule has 2 heterocycles. The minimum absolute atomic E-state index is 0.187. The van der Waals surface area contributed by atoms with Crippen molar-refractivity contribution in [3.63, 3.8) is 0 Å². The maximum Gasteiger partial charge on any atom is 0.329 e. The first-order chi connectivity index (χ1) is 14.1. The van der Waals surface area contributed by atoms with Crippen LogP contribution in [0.3, 0.4) is 0 Å². The molecule has 2 aliphatic rings. The third kappa shape index (κ3) is 3.62. The van der Waals surface area contributed by atoms with Crippen LogP contribution >= 0.6 is 0 Å². The molecule has 1 atom stereocenters. The third-order valence-corrected chi connectivity index (χ3v) is 5.53. The van der Waals surface area contributed by atoms with Crippen molar-refractivity contribution < 1.29 is 19.1 Å². The molecular weight excluding hydrogens is 368 g/mol. The van der Waals surface area contributed by atoms with E-state index in [4.69, 9.17) is 4.74 Å². The fourth-order valence-electron chi connectivity index (χ4n) is 4.05. The summed E-state index contributed by atoms with van der Waals surface area (Å²) in [7, 11) is 0. The molecule has 0 aliphatic carbocycles. The van der Waals surface area contributed by atoms with Crippen LogP contribution in [0.5, 0.6) is 0 Å². The monoisotopic (exact) mass is 392 g/mol. The summed E-state index contributed by atoms with van der Waals surface area (Å²) in [6.07, 6.45) is 2.63. The van der Waals surface area contributed by atoms with Gasteiger partial charge in [-0.25, -0.2) is 4.79 Å². The lowest BCUT2D eigenvalue weighted by atomic mass is 10.0. The van der Waals surface area contributed by atoms with E-state index in [1.807, 2.05) is 24.3 Å². The Morgan fingerprint density at radius 2 is 1.55 bits per heavy atom. The van der Waals surface area contributed by atoms with E-state index >= 15 is 0 Å². The van der Waals surface area contributed by atoms with Crippen molar-refractivity contribution >= 4 is 23.5 Å². The van der Waals surface area contributed by atoms with E-state index in [1.54, 1.807) is 31.2 Å². The molecule has 2 amide bonds. The van der Waals surface area contributed by atoms with E-state index in [9.17, 15) is 14.4 Å². The highest BCUT2D eigenvalue weighted by atomic mass is 16.5. The normalized spacial score (nSPS) is 16.9. The smallest absolute Gasteiger partial charge is 0.329 e. The SMILES string of the molecule is CCOC(=O)C(Cc1ccc(N2CCCC2)cc1)N1C(=O)c2ccccc2C1=O. The summed E-state index contributed by atoms with van der Waals surface area (Å²) in [4.78, 5) is 41.8. The van der Waals surface area contributed by atoms with Crippen molar-refractivity contribution in [3.05, 3.63) is 65.2 Å². The molecule has 2 aromatic carbocycles. The molecule has 1 saturated heterocycles. The number of rotatable bonds is 6. The topological polar surface area (TPSA) is 66.9 Å². The maximum absolute atomic E-state index is 12.9. The number of hydrogen-bond acceptors (Lipinski definition) is 5. The number of anilines is 1. The van der Waals surface area contributed by atoms with E-state index in [1.165, 1.54) is 12.8 Å². The molecule has 0 bridgehead atoms. The lowest BCUT2D eigenvalue weighted by molar-refractivity contribution is -0.147. The average Bonchev–Trinajstić information content (AvgIpc) is 3.36. The predicted octanol–water partition coefficient (Wildman–Crippen LogP) is 3.06. The van der Waals surface area contributed by atoms with Crippen LogP contribution in [0.4, 0.5) is 5.69 Å². The van der Waals surface area contributed by atoms with Crippen molar-refractivity contribution in [2.75, 3.05) is 24.6 Å². The number of imide groups is 1. The quantitative estimate of drug-likeness (QED) is 0.558. The zero-order valence-corrected chi connectivity index (χ0v) is 16.5. The first-order valence-corrected chi connectivity index (χ1v) is 10.1. The highest BCUT2D eigenvalue weighted by Gasteiger charge is 2.43. The van der Waals surface area contributed by atoms with Gasteiger partial charge in [-0.2, -0.15) is 0 Å². The Labute approximate surface area is 170 Å². The van der Waals surface area contributed by atoms with Crippen molar-refractivity contribution in [1.82, 2.24) is 4.90 Å².